The molecule has 2 N–H and O–H groups in total. The first-order chi connectivity index (χ1) is 10.2. The zero-order chi connectivity index (χ0) is 14.8. The van der Waals surface area contributed by atoms with Gasteiger partial charge in [0.25, 0.3) is 0 Å². The van der Waals surface area contributed by atoms with Crippen LogP contribution in [-0.2, 0) is 6.54 Å². The van der Waals surface area contributed by atoms with Crippen molar-refractivity contribution in [3.8, 4) is 0 Å². The molecule has 0 bridgehead atoms. The number of benzene rings is 1. The van der Waals surface area contributed by atoms with Crippen molar-refractivity contribution >= 4 is 10.9 Å². The molecule has 112 valence electrons. The number of nitrogens with zero attached hydrogens (tertiary/aromatic N) is 2. The summed E-state index contributed by atoms with van der Waals surface area (Å²) in [6.07, 6.45) is 2.51. The Kier molecular flexibility index (Phi) is 4.22. The van der Waals surface area contributed by atoms with Crippen LogP contribution in [0.15, 0.2) is 30.3 Å². The fourth-order valence-corrected chi connectivity index (χ4v) is 3.36. The minimum absolute atomic E-state index is 0.528. The van der Waals surface area contributed by atoms with Crippen molar-refractivity contribution in [1.29, 1.82) is 0 Å². The van der Waals surface area contributed by atoms with Crippen molar-refractivity contribution in [3.63, 3.8) is 0 Å². The molecule has 0 amide bonds. The Bertz CT molecular complexity index is 623. The molecular formula is C18H25N3. The van der Waals surface area contributed by atoms with Crippen LogP contribution < -0.4 is 5.73 Å². The lowest BCUT2D eigenvalue weighted by atomic mass is 9.92. The monoisotopic (exact) mass is 283 g/mol. The molecule has 1 aromatic heterocycles. The van der Waals surface area contributed by atoms with E-state index in [0.717, 1.165) is 36.8 Å². The third kappa shape index (κ3) is 3.25. The van der Waals surface area contributed by atoms with Gasteiger partial charge in [0.1, 0.15) is 0 Å². The number of aromatic nitrogens is 1. The van der Waals surface area contributed by atoms with Crippen LogP contribution >= 0.6 is 0 Å². The molecule has 2 heterocycles. The Hall–Kier alpha value is -1.45. The van der Waals surface area contributed by atoms with Gasteiger partial charge in [-0.25, -0.2) is 0 Å². The van der Waals surface area contributed by atoms with Gasteiger partial charge in [0.15, 0.2) is 0 Å². The maximum atomic E-state index is 5.97. The summed E-state index contributed by atoms with van der Waals surface area (Å²) in [6, 6.07) is 11.4. The van der Waals surface area contributed by atoms with Gasteiger partial charge in [-0.15, -0.1) is 0 Å². The van der Waals surface area contributed by atoms with Gasteiger partial charge in [0.05, 0.1) is 5.52 Å². The summed E-state index contributed by atoms with van der Waals surface area (Å²) in [5.41, 5.74) is 9.48. The Labute approximate surface area is 127 Å². The van der Waals surface area contributed by atoms with E-state index < -0.39 is 0 Å². The van der Waals surface area contributed by atoms with Crippen LogP contribution in [0.3, 0.4) is 0 Å². The number of hydrogen-bond donors (Lipinski definition) is 1. The number of hydrogen-bond acceptors (Lipinski definition) is 3. The van der Waals surface area contributed by atoms with Crippen molar-refractivity contribution in [2.75, 3.05) is 13.1 Å². The average molecular weight is 283 g/mol. The van der Waals surface area contributed by atoms with E-state index in [0.29, 0.717) is 6.04 Å². The van der Waals surface area contributed by atoms with Crippen molar-refractivity contribution in [3.05, 3.63) is 41.6 Å². The van der Waals surface area contributed by atoms with Gasteiger partial charge in [0.2, 0.25) is 0 Å². The molecule has 0 aliphatic carbocycles. The highest BCUT2D eigenvalue weighted by Crippen LogP contribution is 2.24. The highest BCUT2D eigenvalue weighted by atomic mass is 15.2. The molecule has 2 unspecified atom stereocenters. The zero-order valence-corrected chi connectivity index (χ0v) is 13.0. The highest BCUT2D eigenvalue weighted by Gasteiger charge is 2.25. The van der Waals surface area contributed by atoms with Crippen LogP contribution in [-0.4, -0.2) is 29.0 Å². The first-order valence-corrected chi connectivity index (χ1v) is 7.96. The van der Waals surface area contributed by atoms with Crippen LogP contribution in [0.1, 0.15) is 31.0 Å². The largest absolute Gasteiger partial charge is 0.329 e. The molecule has 3 nitrogen and oxygen atoms in total. The third-order valence-corrected chi connectivity index (χ3v) is 4.65. The van der Waals surface area contributed by atoms with E-state index >= 15 is 0 Å². The summed E-state index contributed by atoms with van der Waals surface area (Å²) in [5.74, 6) is 0.804. The summed E-state index contributed by atoms with van der Waals surface area (Å²) in [5, 5.41) is 1.23. The lowest BCUT2D eigenvalue weighted by molar-refractivity contribution is 0.115. The Morgan fingerprint density at radius 1 is 1.29 bits per heavy atom. The molecule has 3 rings (SSSR count). The van der Waals surface area contributed by atoms with Crippen molar-refractivity contribution in [2.24, 2.45) is 11.7 Å². The third-order valence-electron chi connectivity index (χ3n) is 4.65. The molecule has 0 radical (unpaired) electrons. The predicted molar refractivity (Wildman–Crippen MR) is 88.1 cm³/mol. The fourth-order valence-electron chi connectivity index (χ4n) is 3.36. The Morgan fingerprint density at radius 3 is 2.95 bits per heavy atom. The minimum Gasteiger partial charge on any atom is -0.329 e. The van der Waals surface area contributed by atoms with Crippen molar-refractivity contribution < 1.29 is 0 Å². The number of aryl methyl sites for hydroxylation is 1. The van der Waals surface area contributed by atoms with Gasteiger partial charge in [-0.3, -0.25) is 9.88 Å². The zero-order valence-electron chi connectivity index (χ0n) is 13.0. The van der Waals surface area contributed by atoms with Gasteiger partial charge >= 0.3 is 0 Å². The van der Waals surface area contributed by atoms with E-state index in [1.807, 2.05) is 6.92 Å². The molecular weight excluding hydrogens is 258 g/mol. The summed E-state index contributed by atoms with van der Waals surface area (Å²) in [7, 11) is 0. The van der Waals surface area contributed by atoms with E-state index in [2.05, 4.69) is 47.1 Å². The molecule has 3 heteroatoms. The van der Waals surface area contributed by atoms with Gasteiger partial charge in [-0.2, -0.15) is 0 Å². The highest BCUT2D eigenvalue weighted by molar-refractivity contribution is 5.79. The molecule has 2 aromatic rings. The Morgan fingerprint density at radius 2 is 2.14 bits per heavy atom. The average Bonchev–Trinajstić information content (AvgIpc) is 2.49. The SMILES string of the molecule is Cc1ccc2cc(CN3CCC(C)CC3CN)ccc2n1. The van der Waals surface area contributed by atoms with Crippen LogP contribution in [0, 0.1) is 12.8 Å². The molecule has 21 heavy (non-hydrogen) atoms. The van der Waals surface area contributed by atoms with E-state index in [4.69, 9.17) is 5.73 Å². The predicted octanol–water partition coefficient (Wildman–Crippen LogP) is 3.10. The number of nitrogens with two attached hydrogens (primary N) is 1. The summed E-state index contributed by atoms with van der Waals surface area (Å²) >= 11 is 0. The summed E-state index contributed by atoms with van der Waals surface area (Å²) in [4.78, 5) is 7.12. The lowest BCUT2D eigenvalue weighted by Gasteiger charge is -2.38. The van der Waals surface area contributed by atoms with E-state index in [1.165, 1.54) is 23.8 Å². The number of pyridine rings is 1. The van der Waals surface area contributed by atoms with Crippen LogP contribution in [0.2, 0.25) is 0 Å². The van der Waals surface area contributed by atoms with Gasteiger partial charge < -0.3 is 5.73 Å². The van der Waals surface area contributed by atoms with Crippen molar-refractivity contribution in [1.82, 2.24) is 9.88 Å². The topological polar surface area (TPSA) is 42.1 Å². The van der Waals surface area contributed by atoms with Crippen molar-refractivity contribution in [2.45, 2.75) is 39.3 Å². The quantitative estimate of drug-likeness (QED) is 0.941. The van der Waals surface area contributed by atoms with Gasteiger partial charge in [-0.05, 0) is 56.0 Å². The second-order valence-electron chi connectivity index (χ2n) is 6.47. The molecule has 1 aromatic carbocycles. The maximum Gasteiger partial charge on any atom is 0.0705 e. The molecule has 2 atom stereocenters. The number of fused-ring (bicyclic) bond motifs is 1. The van der Waals surface area contributed by atoms with Crippen LogP contribution in [0.25, 0.3) is 10.9 Å². The molecule has 1 saturated heterocycles. The van der Waals surface area contributed by atoms with E-state index in [9.17, 15) is 0 Å². The molecule has 1 fully saturated rings. The standard InChI is InChI=1S/C18H25N3/c1-13-7-8-21(17(9-13)11-19)12-15-4-6-18-16(10-15)5-3-14(2)20-18/h3-6,10,13,17H,7-9,11-12,19H2,1-2H3. The van der Waals surface area contributed by atoms with E-state index in [-0.39, 0.29) is 0 Å². The lowest BCUT2D eigenvalue weighted by Crippen LogP contribution is -2.45. The summed E-state index contributed by atoms with van der Waals surface area (Å²) in [6.45, 7) is 7.29. The van der Waals surface area contributed by atoms with Crippen LogP contribution in [0.4, 0.5) is 0 Å². The number of rotatable bonds is 3. The maximum absolute atomic E-state index is 5.97. The molecule has 1 aliphatic rings. The Balaban J connectivity index is 1.79. The second-order valence-corrected chi connectivity index (χ2v) is 6.47. The second kappa shape index (κ2) is 6.12. The van der Waals surface area contributed by atoms with Gasteiger partial charge in [-0.1, -0.05) is 19.1 Å². The normalized spacial score (nSPS) is 23.6. The first kappa shape index (κ1) is 14.5. The van der Waals surface area contributed by atoms with Crippen LogP contribution in [0.5, 0.6) is 0 Å². The summed E-state index contributed by atoms with van der Waals surface area (Å²) < 4.78 is 0. The first-order valence-electron chi connectivity index (χ1n) is 7.96. The van der Waals surface area contributed by atoms with Gasteiger partial charge in [0, 0.05) is 30.2 Å². The molecule has 0 spiro atoms. The number of likely N-dealkylation sites (tertiary alicyclic amines) is 1. The molecule has 0 saturated carbocycles. The molecule has 1 aliphatic heterocycles. The number of piperidine rings is 1. The minimum atomic E-state index is 0.528. The van der Waals surface area contributed by atoms with E-state index in [1.54, 1.807) is 0 Å². The fraction of sp³-hybridized carbons (Fsp3) is 0.500. The smallest absolute Gasteiger partial charge is 0.0705 e.